The Bertz CT molecular complexity index is 830. The number of amides is 1. The molecule has 0 unspecified atom stereocenters. The number of aliphatic imine (C=N–C) groups is 1. The first-order valence-corrected chi connectivity index (χ1v) is 8.64. The normalized spacial score (nSPS) is 13.9. The molecular weight excluding hydrogens is 331 g/mol. The Hall–Kier alpha value is -2.73. The Kier molecular flexibility index (Phi) is 5.04. The lowest BCUT2D eigenvalue weighted by Crippen LogP contribution is -2.42. The number of hydrazine groups is 1. The molecule has 0 saturated heterocycles. The SMILES string of the molecule is CCC(C)(C)NC(=O)c1cc(-c2ccc(F)cc2)cc(N2C=NCN2)c1. The molecule has 3 rings (SSSR count). The Morgan fingerprint density at radius 2 is 1.96 bits per heavy atom. The van der Waals surface area contributed by atoms with E-state index in [0.717, 1.165) is 23.2 Å². The zero-order valence-electron chi connectivity index (χ0n) is 15.2. The van der Waals surface area contributed by atoms with Crippen molar-refractivity contribution >= 4 is 17.9 Å². The topological polar surface area (TPSA) is 56.7 Å². The minimum atomic E-state index is -0.295. The second-order valence-corrected chi connectivity index (χ2v) is 6.95. The highest BCUT2D eigenvalue weighted by Gasteiger charge is 2.21. The van der Waals surface area contributed by atoms with Crippen molar-refractivity contribution in [2.75, 3.05) is 11.7 Å². The van der Waals surface area contributed by atoms with Gasteiger partial charge < -0.3 is 5.32 Å². The van der Waals surface area contributed by atoms with E-state index in [1.807, 2.05) is 39.0 Å². The van der Waals surface area contributed by atoms with Gasteiger partial charge in [0.05, 0.1) is 5.69 Å². The van der Waals surface area contributed by atoms with Crippen molar-refractivity contribution in [3.05, 3.63) is 53.8 Å². The highest BCUT2D eigenvalue weighted by molar-refractivity contribution is 5.98. The van der Waals surface area contributed by atoms with E-state index >= 15 is 0 Å². The van der Waals surface area contributed by atoms with E-state index in [4.69, 9.17) is 0 Å². The fourth-order valence-electron chi connectivity index (χ4n) is 2.60. The second kappa shape index (κ2) is 7.25. The van der Waals surface area contributed by atoms with Crippen molar-refractivity contribution in [2.24, 2.45) is 4.99 Å². The molecule has 0 atom stereocenters. The Balaban J connectivity index is 2.01. The lowest BCUT2D eigenvalue weighted by molar-refractivity contribution is 0.0911. The van der Waals surface area contributed by atoms with Gasteiger partial charge in [-0.05, 0) is 61.7 Å². The van der Waals surface area contributed by atoms with Crippen LogP contribution in [0.3, 0.4) is 0 Å². The average Bonchev–Trinajstić information content (AvgIpc) is 3.16. The van der Waals surface area contributed by atoms with Crippen LogP contribution in [0.25, 0.3) is 11.1 Å². The quantitative estimate of drug-likeness (QED) is 0.860. The highest BCUT2D eigenvalue weighted by atomic mass is 19.1. The van der Waals surface area contributed by atoms with Gasteiger partial charge in [0.25, 0.3) is 5.91 Å². The van der Waals surface area contributed by atoms with E-state index in [-0.39, 0.29) is 17.3 Å². The van der Waals surface area contributed by atoms with Gasteiger partial charge in [-0.2, -0.15) is 0 Å². The molecule has 2 aromatic carbocycles. The van der Waals surface area contributed by atoms with Crippen LogP contribution in [0.4, 0.5) is 10.1 Å². The molecule has 1 heterocycles. The number of anilines is 1. The van der Waals surface area contributed by atoms with Crippen molar-refractivity contribution in [3.8, 4) is 11.1 Å². The van der Waals surface area contributed by atoms with Crippen LogP contribution >= 0.6 is 0 Å². The Labute approximate surface area is 152 Å². The summed E-state index contributed by atoms with van der Waals surface area (Å²) in [5.41, 5.74) is 5.83. The van der Waals surface area contributed by atoms with Crippen molar-refractivity contribution in [1.82, 2.24) is 10.7 Å². The second-order valence-electron chi connectivity index (χ2n) is 6.95. The van der Waals surface area contributed by atoms with E-state index in [9.17, 15) is 9.18 Å². The van der Waals surface area contributed by atoms with E-state index in [1.165, 1.54) is 12.1 Å². The van der Waals surface area contributed by atoms with Crippen LogP contribution in [0.5, 0.6) is 0 Å². The van der Waals surface area contributed by atoms with Crippen LogP contribution < -0.4 is 15.8 Å². The van der Waals surface area contributed by atoms with Gasteiger partial charge in [-0.1, -0.05) is 19.1 Å². The smallest absolute Gasteiger partial charge is 0.251 e. The molecule has 136 valence electrons. The molecule has 6 heteroatoms. The summed E-state index contributed by atoms with van der Waals surface area (Å²) in [6.45, 7) is 6.51. The molecule has 1 amide bonds. The first-order valence-electron chi connectivity index (χ1n) is 8.64. The van der Waals surface area contributed by atoms with Crippen LogP contribution in [0.15, 0.2) is 47.5 Å². The number of nitrogens with one attached hydrogen (secondary N) is 2. The van der Waals surface area contributed by atoms with E-state index in [2.05, 4.69) is 15.7 Å². The molecule has 2 N–H and O–H groups in total. The zero-order valence-corrected chi connectivity index (χ0v) is 15.2. The third kappa shape index (κ3) is 4.08. The summed E-state index contributed by atoms with van der Waals surface area (Å²) in [5.74, 6) is -0.431. The number of rotatable bonds is 5. The summed E-state index contributed by atoms with van der Waals surface area (Å²) in [6, 6.07) is 11.8. The van der Waals surface area contributed by atoms with Gasteiger partial charge in [-0.25, -0.2) is 9.82 Å². The number of carbonyl (C=O) groups is 1. The van der Waals surface area contributed by atoms with Gasteiger partial charge in [0, 0.05) is 11.1 Å². The van der Waals surface area contributed by atoms with Crippen molar-refractivity contribution < 1.29 is 9.18 Å². The fraction of sp³-hybridized carbons (Fsp3) is 0.300. The summed E-state index contributed by atoms with van der Waals surface area (Å²) in [7, 11) is 0. The van der Waals surface area contributed by atoms with E-state index < -0.39 is 0 Å². The average molecular weight is 354 g/mol. The van der Waals surface area contributed by atoms with Crippen molar-refractivity contribution in [3.63, 3.8) is 0 Å². The molecule has 0 aliphatic carbocycles. The summed E-state index contributed by atoms with van der Waals surface area (Å²) in [6.07, 6.45) is 2.50. The molecule has 0 radical (unpaired) electrons. The number of benzene rings is 2. The molecule has 5 nitrogen and oxygen atoms in total. The molecule has 1 aliphatic heterocycles. The third-order valence-electron chi connectivity index (χ3n) is 4.50. The molecule has 0 bridgehead atoms. The molecule has 1 aliphatic rings. The summed E-state index contributed by atoms with van der Waals surface area (Å²) >= 11 is 0. The number of hydrogen-bond donors (Lipinski definition) is 2. The number of hydrogen-bond acceptors (Lipinski definition) is 4. The molecular formula is C20H23FN4O. The Morgan fingerprint density at radius 1 is 1.23 bits per heavy atom. The van der Waals surface area contributed by atoms with Crippen LogP contribution in [0.1, 0.15) is 37.6 Å². The third-order valence-corrected chi connectivity index (χ3v) is 4.50. The van der Waals surface area contributed by atoms with Crippen LogP contribution in [0, 0.1) is 5.82 Å². The largest absolute Gasteiger partial charge is 0.347 e. The van der Waals surface area contributed by atoms with Gasteiger partial charge in [-0.15, -0.1) is 0 Å². The van der Waals surface area contributed by atoms with Crippen LogP contribution in [0.2, 0.25) is 0 Å². The zero-order chi connectivity index (χ0) is 18.7. The van der Waals surface area contributed by atoms with E-state index in [1.54, 1.807) is 23.5 Å². The lowest BCUT2D eigenvalue weighted by atomic mass is 9.99. The summed E-state index contributed by atoms with van der Waals surface area (Å²) in [4.78, 5) is 16.9. The standard InChI is InChI=1S/C20H23FN4O/c1-4-20(2,3)24-19(26)16-9-15(14-5-7-17(21)8-6-14)10-18(11-16)25-13-22-12-23-25/h5-11,13,23H,4,12H2,1-3H3,(H,24,26). The van der Waals surface area contributed by atoms with Crippen LogP contribution in [-0.2, 0) is 0 Å². The maximum absolute atomic E-state index is 13.3. The molecule has 0 saturated carbocycles. The lowest BCUT2D eigenvalue weighted by Gasteiger charge is -2.25. The van der Waals surface area contributed by atoms with Gasteiger partial charge in [0.2, 0.25) is 0 Å². The number of carbonyl (C=O) groups excluding carboxylic acids is 1. The number of halogens is 1. The van der Waals surface area contributed by atoms with Gasteiger partial charge in [0.15, 0.2) is 0 Å². The number of nitrogens with zero attached hydrogens (tertiary/aromatic N) is 2. The van der Waals surface area contributed by atoms with Gasteiger partial charge in [0.1, 0.15) is 18.8 Å². The maximum Gasteiger partial charge on any atom is 0.251 e. The van der Waals surface area contributed by atoms with Crippen molar-refractivity contribution in [1.29, 1.82) is 0 Å². The summed E-state index contributed by atoms with van der Waals surface area (Å²) in [5, 5.41) is 4.83. The molecule has 0 aromatic heterocycles. The predicted molar refractivity (Wildman–Crippen MR) is 103 cm³/mol. The molecule has 0 fully saturated rings. The molecule has 0 spiro atoms. The van der Waals surface area contributed by atoms with E-state index in [0.29, 0.717) is 12.2 Å². The predicted octanol–water partition coefficient (Wildman–Crippen LogP) is 3.72. The van der Waals surface area contributed by atoms with Gasteiger partial charge in [-0.3, -0.25) is 14.8 Å². The Morgan fingerprint density at radius 3 is 2.58 bits per heavy atom. The highest BCUT2D eigenvalue weighted by Crippen LogP contribution is 2.27. The minimum Gasteiger partial charge on any atom is -0.347 e. The summed E-state index contributed by atoms with van der Waals surface area (Å²) < 4.78 is 13.3. The minimum absolute atomic E-state index is 0.141. The first kappa shape index (κ1) is 18.1. The molecule has 2 aromatic rings. The van der Waals surface area contributed by atoms with Crippen molar-refractivity contribution in [2.45, 2.75) is 32.7 Å². The fourth-order valence-corrected chi connectivity index (χ4v) is 2.60. The monoisotopic (exact) mass is 354 g/mol. The first-order chi connectivity index (χ1) is 12.4. The maximum atomic E-state index is 13.3. The van der Waals surface area contributed by atoms with Gasteiger partial charge >= 0.3 is 0 Å². The molecule has 26 heavy (non-hydrogen) atoms. The van der Waals surface area contributed by atoms with Crippen LogP contribution in [-0.4, -0.2) is 24.5 Å².